The smallest absolute Gasteiger partial charge is 0.336 e. The Balaban J connectivity index is 1.59. The largest absolute Gasteiger partial charge is 0.341 e. The molecule has 0 radical (unpaired) electrons. The summed E-state index contributed by atoms with van der Waals surface area (Å²) in [6.45, 7) is 3.42. The second kappa shape index (κ2) is 8.34. The molecule has 1 aromatic carbocycles. The lowest BCUT2D eigenvalue weighted by Crippen LogP contribution is -2.48. The van der Waals surface area contributed by atoms with Gasteiger partial charge in [-0.1, -0.05) is 0 Å². The molecular formula is C17H17BrF2N2O3S2. The Hall–Kier alpha value is -1.36. The monoisotopic (exact) mass is 478 g/mol. The molecule has 2 aromatic rings. The topological polar surface area (TPSA) is 57.7 Å². The molecule has 1 fully saturated rings. The van der Waals surface area contributed by atoms with Crippen molar-refractivity contribution in [2.45, 2.75) is 17.2 Å². The van der Waals surface area contributed by atoms with E-state index in [0.29, 0.717) is 18.7 Å². The van der Waals surface area contributed by atoms with Crippen molar-refractivity contribution in [2.75, 3.05) is 26.2 Å². The fourth-order valence-electron chi connectivity index (χ4n) is 2.84. The number of halogens is 3. The molecule has 0 spiro atoms. The maximum Gasteiger partial charge on any atom is 0.341 e. The predicted molar refractivity (Wildman–Crippen MR) is 103 cm³/mol. The fourth-order valence-corrected chi connectivity index (χ4v) is 5.09. The molecule has 3 rings (SSSR count). The third kappa shape index (κ3) is 4.74. The van der Waals surface area contributed by atoms with Crippen LogP contribution in [0, 0.1) is 0 Å². The molecule has 0 unspecified atom stereocenters. The van der Waals surface area contributed by atoms with E-state index in [2.05, 4.69) is 26.9 Å². The van der Waals surface area contributed by atoms with Gasteiger partial charge in [0.05, 0.1) is 8.68 Å². The summed E-state index contributed by atoms with van der Waals surface area (Å²) >= 11 is 5.13. The summed E-state index contributed by atoms with van der Waals surface area (Å²) in [5, 5.41) is 0. The average Bonchev–Trinajstić information content (AvgIpc) is 3.06. The third-order valence-electron chi connectivity index (χ3n) is 4.33. The van der Waals surface area contributed by atoms with E-state index in [1.807, 2.05) is 6.07 Å². The van der Waals surface area contributed by atoms with Gasteiger partial charge in [-0.05, 0) is 52.3 Å². The van der Waals surface area contributed by atoms with Crippen LogP contribution in [0.2, 0.25) is 0 Å². The molecule has 0 atom stereocenters. The number of thiophene rings is 1. The van der Waals surface area contributed by atoms with E-state index in [4.69, 9.17) is 0 Å². The van der Waals surface area contributed by atoms with Crippen molar-refractivity contribution in [3.63, 3.8) is 0 Å². The molecule has 0 saturated carbocycles. The first-order chi connectivity index (χ1) is 12.8. The summed E-state index contributed by atoms with van der Waals surface area (Å²) in [6, 6.07) is 8.76. The molecule has 1 aliphatic heterocycles. The summed E-state index contributed by atoms with van der Waals surface area (Å²) in [4.78, 5) is 17.3. The Kier molecular flexibility index (Phi) is 6.29. The van der Waals surface area contributed by atoms with Crippen LogP contribution >= 0.6 is 27.3 Å². The van der Waals surface area contributed by atoms with Gasteiger partial charge in [0.25, 0.3) is 5.91 Å². The van der Waals surface area contributed by atoms with Gasteiger partial charge in [-0.2, -0.15) is 8.78 Å². The number of piperazine rings is 1. The van der Waals surface area contributed by atoms with Crippen LogP contribution in [0.5, 0.6) is 0 Å². The number of sulfone groups is 1. The van der Waals surface area contributed by atoms with Crippen LogP contribution in [0.15, 0.2) is 45.1 Å². The molecule has 0 N–H and O–H groups in total. The fraction of sp³-hybridized carbons (Fsp3) is 0.353. The van der Waals surface area contributed by atoms with Crippen LogP contribution in [0.3, 0.4) is 0 Å². The lowest BCUT2D eigenvalue weighted by atomic mass is 10.2. The molecule has 1 amide bonds. The van der Waals surface area contributed by atoms with Crippen molar-refractivity contribution < 1.29 is 22.0 Å². The van der Waals surface area contributed by atoms with Gasteiger partial charge in [-0.25, -0.2) is 8.42 Å². The number of hydrogen-bond donors (Lipinski definition) is 0. The van der Waals surface area contributed by atoms with E-state index in [1.165, 1.54) is 17.0 Å². The average molecular weight is 479 g/mol. The summed E-state index contributed by atoms with van der Waals surface area (Å²) in [5.41, 5.74) is 0.291. The molecule has 1 saturated heterocycles. The number of amides is 1. The number of carbonyl (C=O) groups excluding carboxylic acids is 1. The number of benzene rings is 1. The van der Waals surface area contributed by atoms with Crippen molar-refractivity contribution in [2.24, 2.45) is 0 Å². The Labute approximate surface area is 168 Å². The van der Waals surface area contributed by atoms with Crippen LogP contribution in [0.1, 0.15) is 15.2 Å². The maximum absolute atomic E-state index is 12.6. The summed E-state index contributed by atoms with van der Waals surface area (Å²) < 4.78 is 49.1. The Morgan fingerprint density at radius 3 is 2.22 bits per heavy atom. The van der Waals surface area contributed by atoms with Crippen LogP contribution in [-0.4, -0.2) is 56.1 Å². The van der Waals surface area contributed by atoms with Crippen molar-refractivity contribution in [1.82, 2.24) is 9.80 Å². The number of nitrogens with zero attached hydrogens (tertiary/aromatic N) is 2. The van der Waals surface area contributed by atoms with E-state index in [9.17, 15) is 22.0 Å². The van der Waals surface area contributed by atoms with Crippen LogP contribution in [-0.2, 0) is 16.4 Å². The zero-order valence-electron chi connectivity index (χ0n) is 14.1. The van der Waals surface area contributed by atoms with E-state index >= 15 is 0 Å². The van der Waals surface area contributed by atoms with Gasteiger partial charge in [-0.3, -0.25) is 9.69 Å². The van der Waals surface area contributed by atoms with Gasteiger partial charge in [0.1, 0.15) is 0 Å². The molecule has 146 valence electrons. The minimum atomic E-state index is -4.65. The van der Waals surface area contributed by atoms with Crippen molar-refractivity contribution >= 4 is 43.0 Å². The number of carbonyl (C=O) groups is 1. The number of alkyl halides is 2. The van der Waals surface area contributed by atoms with Gasteiger partial charge in [0.15, 0.2) is 0 Å². The summed E-state index contributed by atoms with van der Waals surface area (Å²) in [5.74, 6) is -3.70. The highest BCUT2D eigenvalue weighted by Gasteiger charge is 2.27. The van der Waals surface area contributed by atoms with Gasteiger partial charge < -0.3 is 4.90 Å². The highest BCUT2D eigenvalue weighted by atomic mass is 79.9. The second-order valence-corrected chi connectivity index (χ2v) is 10.6. The molecule has 27 heavy (non-hydrogen) atoms. The lowest BCUT2D eigenvalue weighted by Gasteiger charge is -2.34. The first-order valence-corrected chi connectivity index (χ1v) is 11.3. The summed E-state index contributed by atoms with van der Waals surface area (Å²) in [7, 11) is -4.65. The molecule has 0 aliphatic carbocycles. The normalized spacial score (nSPS) is 16.1. The Bertz CT molecular complexity index is 909. The van der Waals surface area contributed by atoms with E-state index in [-0.39, 0.29) is 5.91 Å². The number of rotatable bonds is 5. The van der Waals surface area contributed by atoms with Crippen molar-refractivity contribution in [3.8, 4) is 0 Å². The molecule has 0 bridgehead atoms. The zero-order valence-corrected chi connectivity index (χ0v) is 17.4. The van der Waals surface area contributed by atoms with Crippen LogP contribution in [0.25, 0.3) is 0 Å². The Morgan fingerprint density at radius 1 is 1.07 bits per heavy atom. The highest BCUT2D eigenvalue weighted by molar-refractivity contribution is 9.11. The molecule has 2 heterocycles. The molecule has 1 aliphatic rings. The van der Waals surface area contributed by atoms with E-state index in [0.717, 1.165) is 35.6 Å². The van der Waals surface area contributed by atoms with Gasteiger partial charge in [0, 0.05) is 43.2 Å². The van der Waals surface area contributed by atoms with Gasteiger partial charge in [-0.15, -0.1) is 11.3 Å². The maximum atomic E-state index is 12.6. The van der Waals surface area contributed by atoms with Crippen LogP contribution < -0.4 is 0 Å². The van der Waals surface area contributed by atoms with Crippen molar-refractivity contribution in [1.29, 1.82) is 0 Å². The molecule has 1 aromatic heterocycles. The lowest BCUT2D eigenvalue weighted by molar-refractivity contribution is 0.0629. The Morgan fingerprint density at radius 2 is 1.70 bits per heavy atom. The standard InChI is InChI=1S/C17H17BrF2N2O3S2/c18-15-6-3-13(26-15)11-21-7-9-22(10-8-21)16(23)12-1-4-14(5-2-12)27(24,25)17(19)20/h1-6,17H,7-11H2. The quantitative estimate of drug-likeness (QED) is 0.660. The summed E-state index contributed by atoms with van der Waals surface area (Å²) in [6.07, 6.45) is 0. The molecular weight excluding hydrogens is 462 g/mol. The molecule has 5 nitrogen and oxygen atoms in total. The minimum Gasteiger partial charge on any atom is -0.336 e. The van der Waals surface area contributed by atoms with Crippen molar-refractivity contribution in [3.05, 3.63) is 50.6 Å². The van der Waals surface area contributed by atoms with Crippen LogP contribution in [0.4, 0.5) is 8.78 Å². The van der Waals surface area contributed by atoms with E-state index < -0.39 is 20.5 Å². The first kappa shape index (κ1) is 20.4. The predicted octanol–water partition coefficient (Wildman–Crippen LogP) is 3.46. The zero-order chi connectivity index (χ0) is 19.6. The minimum absolute atomic E-state index is 0.227. The highest BCUT2D eigenvalue weighted by Crippen LogP contribution is 2.24. The van der Waals surface area contributed by atoms with E-state index in [1.54, 1.807) is 16.2 Å². The second-order valence-electron chi connectivity index (χ2n) is 6.10. The molecule has 10 heteroatoms. The number of hydrogen-bond acceptors (Lipinski definition) is 5. The van der Waals surface area contributed by atoms with Gasteiger partial charge >= 0.3 is 5.76 Å². The van der Waals surface area contributed by atoms with Gasteiger partial charge in [0.2, 0.25) is 9.84 Å². The third-order valence-corrected chi connectivity index (χ3v) is 7.34. The SMILES string of the molecule is O=C(c1ccc(S(=O)(=O)C(F)F)cc1)N1CCN(Cc2ccc(Br)s2)CC1. The first-order valence-electron chi connectivity index (χ1n) is 8.15.